The third-order valence-electron chi connectivity index (χ3n) is 4.73. The number of allylic oxidation sites excluding steroid dienone is 1. The van der Waals surface area contributed by atoms with Gasteiger partial charge in [0.05, 0.1) is 6.61 Å². The summed E-state index contributed by atoms with van der Waals surface area (Å²) < 4.78 is 24.6. The Hall–Kier alpha value is -2.70. The fourth-order valence-electron chi connectivity index (χ4n) is 3.15. The lowest BCUT2D eigenvalue weighted by Crippen LogP contribution is -2.32. The lowest BCUT2D eigenvalue weighted by molar-refractivity contribution is -0.146. The number of unbranched alkanes of at least 4 members (excludes halogenated alkanes) is 1. The third-order valence-corrected chi connectivity index (χ3v) is 4.73. The summed E-state index contributed by atoms with van der Waals surface area (Å²) in [6, 6.07) is 15.9. The molecule has 1 aliphatic heterocycles. The van der Waals surface area contributed by atoms with Gasteiger partial charge in [-0.1, -0.05) is 42.5 Å². The average Bonchev–Trinajstić information content (AvgIpc) is 2.76. The maximum Gasteiger partial charge on any atom is 0.286 e. The molecule has 0 saturated carbocycles. The fraction of sp³-hybridized carbons (Fsp3) is 0.348. The van der Waals surface area contributed by atoms with Crippen molar-refractivity contribution in [1.29, 1.82) is 0 Å². The summed E-state index contributed by atoms with van der Waals surface area (Å²) in [5.41, 5.74) is 1.89. The summed E-state index contributed by atoms with van der Waals surface area (Å²) in [4.78, 5) is 12.7. The van der Waals surface area contributed by atoms with Gasteiger partial charge in [0.1, 0.15) is 5.82 Å². The van der Waals surface area contributed by atoms with E-state index in [1.165, 1.54) is 12.1 Å². The van der Waals surface area contributed by atoms with Crippen LogP contribution in [-0.2, 0) is 20.8 Å². The number of halogens is 1. The minimum atomic E-state index is -0.532. The molecule has 0 radical (unpaired) electrons. The molecule has 2 N–H and O–H groups in total. The molecule has 2 atom stereocenters. The fourth-order valence-corrected chi connectivity index (χ4v) is 3.15. The molecule has 1 aliphatic rings. The maximum absolute atomic E-state index is 13.0. The number of hydrogen-bond acceptors (Lipinski definition) is 4. The summed E-state index contributed by atoms with van der Waals surface area (Å²) in [5, 5.41) is 11.7. The first-order valence-corrected chi connectivity index (χ1v) is 9.84. The lowest BCUT2D eigenvalue weighted by atomic mass is 9.93. The first-order chi connectivity index (χ1) is 14.2. The van der Waals surface area contributed by atoms with Gasteiger partial charge in [0.2, 0.25) is 6.29 Å². The van der Waals surface area contributed by atoms with Crippen molar-refractivity contribution >= 4 is 5.91 Å². The Morgan fingerprint density at radius 1 is 1.14 bits per heavy atom. The predicted molar refractivity (Wildman–Crippen MR) is 107 cm³/mol. The van der Waals surface area contributed by atoms with Gasteiger partial charge >= 0.3 is 0 Å². The molecule has 1 heterocycles. The van der Waals surface area contributed by atoms with E-state index in [-0.39, 0.29) is 36.6 Å². The van der Waals surface area contributed by atoms with Gasteiger partial charge in [0, 0.05) is 25.5 Å². The van der Waals surface area contributed by atoms with Crippen LogP contribution in [0.3, 0.4) is 0 Å². The molecule has 0 spiro atoms. The molecule has 3 rings (SSSR count). The van der Waals surface area contributed by atoms with Crippen LogP contribution in [0.1, 0.15) is 36.3 Å². The number of carbonyl (C=O) groups is 1. The molecule has 5 nitrogen and oxygen atoms in total. The van der Waals surface area contributed by atoms with Gasteiger partial charge in [-0.25, -0.2) is 4.39 Å². The summed E-state index contributed by atoms with van der Waals surface area (Å²) in [6.07, 6.45) is 3.29. The Morgan fingerprint density at radius 2 is 1.90 bits per heavy atom. The minimum absolute atomic E-state index is 0.000590. The number of ether oxygens (including phenoxy) is 2. The monoisotopic (exact) mass is 399 g/mol. The van der Waals surface area contributed by atoms with Crippen LogP contribution in [0.4, 0.5) is 4.39 Å². The summed E-state index contributed by atoms with van der Waals surface area (Å²) >= 11 is 0. The second-order valence-corrected chi connectivity index (χ2v) is 6.94. The largest absolute Gasteiger partial charge is 0.459 e. The molecule has 0 aliphatic carbocycles. The summed E-state index contributed by atoms with van der Waals surface area (Å²) in [7, 11) is 0. The smallest absolute Gasteiger partial charge is 0.286 e. The molecule has 1 amide bonds. The van der Waals surface area contributed by atoms with E-state index in [0.29, 0.717) is 19.4 Å². The molecule has 0 fully saturated rings. The van der Waals surface area contributed by atoms with E-state index in [1.807, 2.05) is 36.4 Å². The number of rotatable bonds is 9. The quantitative estimate of drug-likeness (QED) is 0.632. The van der Waals surface area contributed by atoms with E-state index in [1.54, 1.807) is 12.1 Å². The zero-order valence-corrected chi connectivity index (χ0v) is 16.2. The molecule has 0 saturated heterocycles. The molecule has 0 aromatic heterocycles. The van der Waals surface area contributed by atoms with Gasteiger partial charge in [-0.15, -0.1) is 0 Å². The topological polar surface area (TPSA) is 67.8 Å². The van der Waals surface area contributed by atoms with E-state index in [0.717, 1.165) is 17.5 Å². The molecule has 6 heteroatoms. The summed E-state index contributed by atoms with van der Waals surface area (Å²) in [5.74, 6) is -0.428. The van der Waals surface area contributed by atoms with Crippen LogP contribution in [0.15, 0.2) is 66.4 Å². The first kappa shape index (κ1) is 21.0. The predicted octanol–water partition coefficient (Wildman–Crippen LogP) is 3.65. The van der Waals surface area contributed by atoms with Crippen molar-refractivity contribution in [2.45, 2.75) is 38.0 Å². The molecule has 0 bridgehead atoms. The van der Waals surface area contributed by atoms with Crippen LogP contribution in [0.25, 0.3) is 0 Å². The van der Waals surface area contributed by atoms with Crippen LogP contribution >= 0.6 is 0 Å². The zero-order valence-electron chi connectivity index (χ0n) is 16.2. The van der Waals surface area contributed by atoms with Gasteiger partial charge < -0.3 is 19.9 Å². The van der Waals surface area contributed by atoms with E-state index < -0.39 is 6.29 Å². The van der Waals surface area contributed by atoms with Crippen molar-refractivity contribution in [2.75, 3.05) is 13.2 Å². The van der Waals surface area contributed by atoms with Crippen molar-refractivity contribution in [3.8, 4) is 0 Å². The van der Waals surface area contributed by atoms with Crippen LogP contribution in [0, 0.1) is 5.82 Å². The first-order valence-electron chi connectivity index (χ1n) is 9.84. The average molecular weight is 399 g/mol. The van der Waals surface area contributed by atoms with Crippen molar-refractivity contribution in [2.24, 2.45) is 0 Å². The van der Waals surface area contributed by atoms with Crippen LogP contribution in [-0.4, -0.2) is 30.5 Å². The van der Waals surface area contributed by atoms with Gasteiger partial charge in [-0.2, -0.15) is 0 Å². The SMILES string of the molecule is O=C(NCc1ccc(F)cc1)C1=CC(c2ccccc2)CC(OCCCCO)O1. The van der Waals surface area contributed by atoms with Crippen molar-refractivity contribution < 1.29 is 23.8 Å². The number of carbonyl (C=O) groups excluding carboxylic acids is 1. The summed E-state index contributed by atoms with van der Waals surface area (Å²) in [6.45, 7) is 0.855. The number of nitrogens with one attached hydrogen (secondary N) is 1. The van der Waals surface area contributed by atoms with Crippen LogP contribution in [0.2, 0.25) is 0 Å². The third kappa shape index (κ3) is 6.41. The standard InChI is InChI=1S/C23H26FNO4/c24-20-10-8-17(9-11-20)16-25-23(27)21-14-19(18-6-2-1-3-7-18)15-22(29-21)28-13-5-4-12-26/h1-3,6-11,14,19,22,26H,4-5,12-13,15-16H2,(H,25,27). The van der Waals surface area contributed by atoms with E-state index >= 15 is 0 Å². The minimum Gasteiger partial charge on any atom is -0.459 e. The second kappa shape index (κ2) is 10.7. The molecular weight excluding hydrogens is 373 g/mol. The van der Waals surface area contributed by atoms with E-state index in [4.69, 9.17) is 14.6 Å². The van der Waals surface area contributed by atoms with E-state index in [2.05, 4.69) is 5.32 Å². The maximum atomic E-state index is 13.0. The number of benzene rings is 2. The molecule has 2 aromatic carbocycles. The molecule has 2 unspecified atom stereocenters. The Balaban J connectivity index is 1.66. The highest BCUT2D eigenvalue weighted by atomic mass is 19.1. The Kier molecular flexibility index (Phi) is 7.78. The Morgan fingerprint density at radius 3 is 2.62 bits per heavy atom. The zero-order chi connectivity index (χ0) is 20.5. The molecule has 154 valence electrons. The van der Waals surface area contributed by atoms with Crippen LogP contribution < -0.4 is 5.32 Å². The molecular formula is C23H26FNO4. The Bertz CT molecular complexity index is 807. The van der Waals surface area contributed by atoms with Gasteiger partial charge in [0.15, 0.2) is 5.76 Å². The molecule has 29 heavy (non-hydrogen) atoms. The van der Waals surface area contributed by atoms with Crippen molar-refractivity contribution in [3.63, 3.8) is 0 Å². The Labute approximate surface area is 170 Å². The second-order valence-electron chi connectivity index (χ2n) is 6.94. The van der Waals surface area contributed by atoms with Gasteiger partial charge in [0.25, 0.3) is 5.91 Å². The normalized spacial score (nSPS) is 18.6. The van der Waals surface area contributed by atoms with E-state index in [9.17, 15) is 9.18 Å². The highest BCUT2D eigenvalue weighted by Gasteiger charge is 2.28. The van der Waals surface area contributed by atoms with Crippen molar-refractivity contribution in [1.82, 2.24) is 5.32 Å². The highest BCUT2D eigenvalue weighted by molar-refractivity contribution is 5.91. The number of aliphatic hydroxyl groups excluding tert-OH is 1. The number of aliphatic hydroxyl groups is 1. The molecule has 2 aromatic rings. The van der Waals surface area contributed by atoms with Crippen LogP contribution in [0.5, 0.6) is 0 Å². The number of amides is 1. The van der Waals surface area contributed by atoms with Gasteiger partial charge in [-0.05, 0) is 42.2 Å². The number of hydrogen-bond donors (Lipinski definition) is 2. The van der Waals surface area contributed by atoms with Gasteiger partial charge in [-0.3, -0.25) is 4.79 Å². The highest BCUT2D eigenvalue weighted by Crippen LogP contribution is 2.31. The van der Waals surface area contributed by atoms with Crippen molar-refractivity contribution in [3.05, 3.63) is 83.4 Å². The lowest BCUT2D eigenvalue weighted by Gasteiger charge is -2.29.